The zero-order chi connectivity index (χ0) is 12.8. The van der Waals surface area contributed by atoms with Gasteiger partial charge in [0.2, 0.25) is 0 Å². The van der Waals surface area contributed by atoms with Gasteiger partial charge in [0.15, 0.2) is 0 Å². The molecule has 0 radical (unpaired) electrons. The van der Waals surface area contributed by atoms with Gasteiger partial charge in [0.05, 0.1) is 0 Å². The Morgan fingerprint density at radius 2 is 1.00 bits per heavy atom. The molecule has 0 unspecified atom stereocenters. The van der Waals surface area contributed by atoms with Crippen molar-refractivity contribution < 1.29 is 0 Å². The Morgan fingerprint density at radius 1 is 0.550 bits per heavy atom. The summed E-state index contributed by atoms with van der Waals surface area (Å²) in [6.45, 7) is 0. The van der Waals surface area contributed by atoms with Crippen molar-refractivity contribution in [3.8, 4) is 0 Å². The van der Waals surface area contributed by atoms with Crippen LogP contribution in [0.1, 0.15) is 51.4 Å². The van der Waals surface area contributed by atoms with Crippen molar-refractivity contribution in [2.75, 3.05) is 0 Å². The molecule has 6 aliphatic rings. The van der Waals surface area contributed by atoms with Crippen molar-refractivity contribution in [3.05, 3.63) is 23.3 Å². The molecule has 20 heavy (non-hydrogen) atoms. The molecule has 6 aliphatic carbocycles. The Kier molecular flexibility index (Phi) is 2.01. The molecule has 106 valence electrons. The predicted octanol–water partition coefficient (Wildman–Crippen LogP) is 4.97. The van der Waals surface area contributed by atoms with Crippen LogP contribution in [-0.2, 0) is 0 Å². The minimum Gasteiger partial charge on any atom is -0.0773 e. The Balaban J connectivity index is 1.41. The second-order valence-corrected chi connectivity index (χ2v) is 8.77. The molecule has 0 N–H and O–H groups in total. The number of allylic oxidation sites excluding steroid dienone is 4. The lowest BCUT2D eigenvalue weighted by Gasteiger charge is -2.22. The molecule has 0 spiro atoms. The second kappa shape index (κ2) is 3.62. The van der Waals surface area contributed by atoms with E-state index >= 15 is 0 Å². The standard InChI is InChI=1S/C20H26/c1-3-13-9-17(15-7-5-11(1)19(13)15)18-10-14-4-2-12-6-8-16(18)20(12)14/h9-16,19-20H,1-8H2/t11-,12-,13-,14+,15+,16+,19+,20-/m1/s1. The molecule has 0 heterocycles. The molecule has 0 aromatic heterocycles. The molecule has 0 aromatic rings. The maximum atomic E-state index is 2.79. The summed E-state index contributed by atoms with van der Waals surface area (Å²) in [5.74, 6) is 8.36. The van der Waals surface area contributed by atoms with Crippen molar-refractivity contribution in [2.45, 2.75) is 51.4 Å². The van der Waals surface area contributed by atoms with E-state index in [9.17, 15) is 0 Å². The van der Waals surface area contributed by atoms with Crippen LogP contribution in [0, 0.1) is 47.3 Å². The van der Waals surface area contributed by atoms with Gasteiger partial charge in [-0.3, -0.25) is 0 Å². The highest BCUT2D eigenvalue weighted by molar-refractivity contribution is 5.45. The van der Waals surface area contributed by atoms with E-state index in [2.05, 4.69) is 12.2 Å². The van der Waals surface area contributed by atoms with Gasteiger partial charge < -0.3 is 0 Å². The highest BCUT2D eigenvalue weighted by Crippen LogP contribution is 2.64. The van der Waals surface area contributed by atoms with E-state index < -0.39 is 0 Å². The molecule has 4 saturated carbocycles. The van der Waals surface area contributed by atoms with E-state index in [1.165, 1.54) is 25.7 Å². The largest absolute Gasteiger partial charge is 0.0773 e. The third-order valence-corrected chi connectivity index (χ3v) is 8.36. The molecule has 0 aliphatic heterocycles. The lowest BCUT2D eigenvalue weighted by molar-refractivity contribution is 0.356. The molecule has 6 rings (SSSR count). The van der Waals surface area contributed by atoms with E-state index in [1.54, 1.807) is 25.7 Å². The zero-order valence-electron chi connectivity index (χ0n) is 12.4. The van der Waals surface area contributed by atoms with E-state index in [0.29, 0.717) is 0 Å². The van der Waals surface area contributed by atoms with Crippen LogP contribution in [0.15, 0.2) is 23.3 Å². The average molecular weight is 266 g/mol. The van der Waals surface area contributed by atoms with Crippen LogP contribution in [-0.4, -0.2) is 0 Å². The highest BCUT2D eigenvalue weighted by Gasteiger charge is 2.54. The van der Waals surface area contributed by atoms with Crippen LogP contribution in [0.25, 0.3) is 0 Å². The minimum absolute atomic E-state index is 0.987. The monoisotopic (exact) mass is 266 g/mol. The summed E-state index contributed by atoms with van der Waals surface area (Å²) in [4.78, 5) is 0. The molecule has 0 bridgehead atoms. The molecule has 0 saturated heterocycles. The van der Waals surface area contributed by atoms with Gasteiger partial charge in [-0.05, 0) is 110 Å². The summed E-state index contributed by atoms with van der Waals surface area (Å²) in [6, 6.07) is 0. The lowest BCUT2D eigenvalue weighted by atomic mass is 9.82. The molecule has 4 fully saturated rings. The van der Waals surface area contributed by atoms with Crippen molar-refractivity contribution in [3.63, 3.8) is 0 Å². The molecular formula is C20H26. The van der Waals surface area contributed by atoms with E-state index in [4.69, 9.17) is 0 Å². The van der Waals surface area contributed by atoms with E-state index in [1.807, 2.05) is 11.1 Å². The molecule has 8 atom stereocenters. The Morgan fingerprint density at radius 3 is 1.50 bits per heavy atom. The summed E-state index contributed by atoms with van der Waals surface area (Å²) in [5.41, 5.74) is 3.78. The first-order chi connectivity index (χ1) is 9.90. The third kappa shape index (κ3) is 1.18. The van der Waals surface area contributed by atoms with Gasteiger partial charge in [-0.2, -0.15) is 0 Å². The van der Waals surface area contributed by atoms with Gasteiger partial charge in [0, 0.05) is 0 Å². The van der Waals surface area contributed by atoms with E-state index in [0.717, 1.165) is 47.3 Å². The van der Waals surface area contributed by atoms with Crippen LogP contribution in [0.3, 0.4) is 0 Å². The Hall–Kier alpha value is -0.520. The van der Waals surface area contributed by atoms with Crippen molar-refractivity contribution in [1.29, 1.82) is 0 Å². The van der Waals surface area contributed by atoms with Crippen molar-refractivity contribution in [1.82, 2.24) is 0 Å². The lowest BCUT2D eigenvalue weighted by Crippen LogP contribution is -2.15. The van der Waals surface area contributed by atoms with Crippen LogP contribution < -0.4 is 0 Å². The van der Waals surface area contributed by atoms with Crippen molar-refractivity contribution >= 4 is 0 Å². The number of hydrogen-bond donors (Lipinski definition) is 0. The first-order valence-electron chi connectivity index (χ1n) is 9.34. The summed E-state index contributed by atoms with van der Waals surface area (Å²) < 4.78 is 0. The first-order valence-corrected chi connectivity index (χ1v) is 9.34. The van der Waals surface area contributed by atoms with E-state index in [-0.39, 0.29) is 0 Å². The maximum Gasteiger partial charge on any atom is -0.0126 e. The fourth-order valence-corrected chi connectivity index (χ4v) is 7.83. The summed E-state index contributed by atoms with van der Waals surface area (Å²) in [7, 11) is 0. The molecule has 0 aromatic carbocycles. The molecular weight excluding hydrogens is 240 g/mol. The smallest absolute Gasteiger partial charge is 0.0126 e. The Labute approximate surface area is 122 Å². The SMILES string of the molecule is C1=C(C2=C[C@H]3CC[C@@H]4CC[C@@H]2[C@@H]43)[C@@H]2CC[C@H]3CC[C@@H]1[C@@H]32. The zero-order valence-corrected chi connectivity index (χ0v) is 12.4. The topological polar surface area (TPSA) is 0 Å². The Bertz CT molecular complexity index is 476. The number of hydrogen-bond acceptors (Lipinski definition) is 0. The average Bonchev–Trinajstić information content (AvgIpc) is 3.18. The summed E-state index contributed by atoms with van der Waals surface area (Å²) in [6.07, 6.45) is 17.9. The van der Waals surface area contributed by atoms with Gasteiger partial charge >= 0.3 is 0 Å². The molecule has 0 heteroatoms. The fraction of sp³-hybridized carbons (Fsp3) is 0.800. The van der Waals surface area contributed by atoms with Gasteiger partial charge in [-0.1, -0.05) is 12.2 Å². The normalized spacial score (nSPS) is 58.0. The molecule has 0 amide bonds. The van der Waals surface area contributed by atoms with Crippen LogP contribution >= 0.6 is 0 Å². The maximum absolute atomic E-state index is 2.79. The fourth-order valence-electron chi connectivity index (χ4n) is 7.83. The highest BCUT2D eigenvalue weighted by atomic mass is 14.6. The third-order valence-electron chi connectivity index (χ3n) is 8.36. The first kappa shape index (κ1) is 11.1. The minimum atomic E-state index is 0.987. The quantitative estimate of drug-likeness (QED) is 0.628. The summed E-state index contributed by atoms with van der Waals surface area (Å²) in [5, 5.41) is 0. The van der Waals surface area contributed by atoms with Gasteiger partial charge in [-0.15, -0.1) is 0 Å². The van der Waals surface area contributed by atoms with Gasteiger partial charge in [0.1, 0.15) is 0 Å². The number of rotatable bonds is 1. The molecule has 0 nitrogen and oxygen atoms in total. The van der Waals surface area contributed by atoms with Gasteiger partial charge in [-0.25, -0.2) is 0 Å². The second-order valence-electron chi connectivity index (χ2n) is 8.77. The summed E-state index contributed by atoms with van der Waals surface area (Å²) >= 11 is 0. The van der Waals surface area contributed by atoms with Crippen molar-refractivity contribution in [2.24, 2.45) is 47.3 Å². The van der Waals surface area contributed by atoms with Crippen LogP contribution in [0.5, 0.6) is 0 Å². The van der Waals surface area contributed by atoms with Crippen LogP contribution in [0.4, 0.5) is 0 Å². The van der Waals surface area contributed by atoms with Gasteiger partial charge in [0.25, 0.3) is 0 Å². The predicted molar refractivity (Wildman–Crippen MR) is 81.0 cm³/mol. The van der Waals surface area contributed by atoms with Crippen LogP contribution in [0.2, 0.25) is 0 Å².